The molecule has 0 saturated heterocycles. The fraction of sp³-hybridized carbons (Fsp3) is 0.385. The number of amides is 1. The van der Waals surface area contributed by atoms with Gasteiger partial charge in [-0.1, -0.05) is 6.08 Å². The van der Waals surface area contributed by atoms with Gasteiger partial charge in [-0.15, -0.1) is 0 Å². The van der Waals surface area contributed by atoms with Crippen LogP contribution in [-0.2, 0) is 4.79 Å². The second-order valence-corrected chi connectivity index (χ2v) is 3.57. The third-order valence-electron chi connectivity index (χ3n) is 2.42. The summed E-state index contributed by atoms with van der Waals surface area (Å²) in [4.78, 5) is 17.8. The van der Waals surface area contributed by atoms with Gasteiger partial charge in [-0.25, -0.2) is 4.98 Å². The lowest BCUT2D eigenvalue weighted by molar-refractivity contribution is -0.111. The van der Waals surface area contributed by atoms with Gasteiger partial charge in [0.15, 0.2) is 0 Å². The van der Waals surface area contributed by atoms with Crippen LogP contribution in [0.2, 0.25) is 0 Å². The van der Waals surface area contributed by atoms with Gasteiger partial charge in [-0.3, -0.25) is 4.79 Å². The number of carbonyl (C=O) groups is 1. The summed E-state index contributed by atoms with van der Waals surface area (Å²) < 4.78 is 0. The molecule has 0 fully saturated rings. The Labute approximate surface area is 102 Å². The number of hydrogen-bond acceptors (Lipinski definition) is 3. The first kappa shape index (κ1) is 13.2. The zero-order chi connectivity index (χ0) is 12.7. The highest BCUT2D eigenvalue weighted by atomic mass is 16.1. The SMILES string of the molecule is CC=CC(=O)Nc1ccc(N(CC)CC)nc1. The molecule has 0 unspecified atom stereocenters. The number of hydrogen-bond donors (Lipinski definition) is 1. The largest absolute Gasteiger partial charge is 0.357 e. The van der Waals surface area contributed by atoms with E-state index < -0.39 is 0 Å². The molecule has 0 atom stereocenters. The fourth-order valence-electron chi connectivity index (χ4n) is 1.53. The van der Waals surface area contributed by atoms with Crippen LogP contribution in [0.4, 0.5) is 11.5 Å². The predicted octanol–water partition coefficient (Wildman–Crippen LogP) is 2.44. The molecular formula is C13H19N3O. The normalized spacial score (nSPS) is 10.5. The zero-order valence-electron chi connectivity index (χ0n) is 10.6. The van der Waals surface area contributed by atoms with E-state index in [0.717, 1.165) is 18.9 Å². The quantitative estimate of drug-likeness (QED) is 0.794. The van der Waals surface area contributed by atoms with Gasteiger partial charge in [0, 0.05) is 13.1 Å². The first-order chi connectivity index (χ1) is 8.21. The third kappa shape index (κ3) is 3.90. The van der Waals surface area contributed by atoms with Gasteiger partial charge in [0.25, 0.3) is 0 Å². The molecule has 92 valence electrons. The second-order valence-electron chi connectivity index (χ2n) is 3.57. The Kier molecular flexibility index (Phi) is 5.20. The summed E-state index contributed by atoms with van der Waals surface area (Å²) >= 11 is 0. The van der Waals surface area contributed by atoms with Crippen molar-refractivity contribution >= 4 is 17.4 Å². The minimum atomic E-state index is -0.134. The van der Waals surface area contributed by atoms with Crippen LogP contribution >= 0.6 is 0 Å². The van der Waals surface area contributed by atoms with Crippen LogP contribution in [0.5, 0.6) is 0 Å². The Morgan fingerprint density at radius 1 is 1.41 bits per heavy atom. The lowest BCUT2D eigenvalue weighted by atomic mass is 10.3. The molecular weight excluding hydrogens is 214 g/mol. The Hall–Kier alpha value is -1.84. The van der Waals surface area contributed by atoms with Crippen LogP contribution < -0.4 is 10.2 Å². The molecule has 0 radical (unpaired) electrons. The summed E-state index contributed by atoms with van der Waals surface area (Å²) in [5, 5.41) is 2.74. The highest BCUT2D eigenvalue weighted by molar-refractivity contribution is 5.99. The summed E-state index contributed by atoms with van der Waals surface area (Å²) in [6.07, 6.45) is 4.86. The number of pyridine rings is 1. The number of anilines is 2. The summed E-state index contributed by atoms with van der Waals surface area (Å²) in [6.45, 7) is 7.84. The van der Waals surface area contributed by atoms with Crippen LogP contribution in [-0.4, -0.2) is 24.0 Å². The number of allylic oxidation sites excluding steroid dienone is 1. The minimum absolute atomic E-state index is 0.134. The summed E-state index contributed by atoms with van der Waals surface area (Å²) in [5.74, 6) is 0.795. The van der Waals surface area contributed by atoms with Gasteiger partial charge >= 0.3 is 0 Å². The van der Waals surface area contributed by atoms with Crippen LogP contribution in [0.15, 0.2) is 30.5 Å². The van der Waals surface area contributed by atoms with Crippen molar-refractivity contribution in [3.05, 3.63) is 30.5 Å². The Morgan fingerprint density at radius 2 is 2.12 bits per heavy atom. The molecule has 1 heterocycles. The molecule has 1 amide bonds. The third-order valence-corrected chi connectivity index (χ3v) is 2.42. The van der Waals surface area contributed by atoms with E-state index in [1.54, 1.807) is 19.2 Å². The maximum Gasteiger partial charge on any atom is 0.248 e. The Balaban J connectivity index is 2.70. The van der Waals surface area contributed by atoms with E-state index in [-0.39, 0.29) is 5.91 Å². The number of aromatic nitrogens is 1. The monoisotopic (exact) mass is 233 g/mol. The Morgan fingerprint density at radius 3 is 2.59 bits per heavy atom. The number of carbonyl (C=O) groups excluding carboxylic acids is 1. The molecule has 1 rings (SSSR count). The molecule has 0 aliphatic carbocycles. The number of nitrogens with zero attached hydrogens (tertiary/aromatic N) is 2. The van der Waals surface area contributed by atoms with Crippen molar-refractivity contribution in [2.75, 3.05) is 23.3 Å². The number of rotatable bonds is 5. The molecule has 0 bridgehead atoms. The van der Waals surface area contributed by atoms with E-state index >= 15 is 0 Å². The molecule has 1 aromatic heterocycles. The molecule has 1 aromatic rings. The zero-order valence-corrected chi connectivity index (χ0v) is 10.6. The van der Waals surface area contributed by atoms with Gasteiger partial charge in [0.05, 0.1) is 11.9 Å². The van der Waals surface area contributed by atoms with E-state index in [4.69, 9.17) is 0 Å². The maximum atomic E-state index is 11.3. The minimum Gasteiger partial charge on any atom is -0.357 e. The average Bonchev–Trinajstić information content (AvgIpc) is 2.33. The van der Waals surface area contributed by atoms with E-state index in [0.29, 0.717) is 5.69 Å². The first-order valence-corrected chi connectivity index (χ1v) is 5.85. The lowest BCUT2D eigenvalue weighted by Gasteiger charge is -2.19. The predicted molar refractivity (Wildman–Crippen MR) is 71.2 cm³/mol. The highest BCUT2D eigenvalue weighted by Crippen LogP contribution is 2.13. The summed E-state index contributed by atoms with van der Waals surface area (Å²) in [6, 6.07) is 3.78. The lowest BCUT2D eigenvalue weighted by Crippen LogP contribution is -2.22. The van der Waals surface area contributed by atoms with Gasteiger partial charge in [-0.05, 0) is 39.0 Å². The fourth-order valence-corrected chi connectivity index (χ4v) is 1.53. The maximum absolute atomic E-state index is 11.3. The molecule has 0 aromatic carbocycles. The van der Waals surface area contributed by atoms with Crippen LogP contribution in [0.1, 0.15) is 20.8 Å². The molecule has 1 N–H and O–H groups in total. The topological polar surface area (TPSA) is 45.2 Å². The van der Waals surface area contributed by atoms with Crippen molar-refractivity contribution < 1.29 is 4.79 Å². The van der Waals surface area contributed by atoms with Crippen molar-refractivity contribution in [1.29, 1.82) is 0 Å². The average molecular weight is 233 g/mol. The Bertz CT molecular complexity index is 380. The van der Waals surface area contributed by atoms with Gasteiger partial charge in [-0.2, -0.15) is 0 Å². The second kappa shape index (κ2) is 6.68. The van der Waals surface area contributed by atoms with Crippen molar-refractivity contribution in [2.45, 2.75) is 20.8 Å². The molecule has 0 aliphatic rings. The smallest absolute Gasteiger partial charge is 0.248 e. The molecule has 4 nitrogen and oxygen atoms in total. The van der Waals surface area contributed by atoms with E-state index in [9.17, 15) is 4.79 Å². The van der Waals surface area contributed by atoms with Crippen molar-refractivity contribution in [3.63, 3.8) is 0 Å². The van der Waals surface area contributed by atoms with Gasteiger partial charge in [0.2, 0.25) is 5.91 Å². The van der Waals surface area contributed by atoms with E-state index in [2.05, 4.69) is 29.0 Å². The van der Waals surface area contributed by atoms with Crippen molar-refractivity contribution in [1.82, 2.24) is 4.98 Å². The van der Waals surface area contributed by atoms with Crippen LogP contribution in [0.25, 0.3) is 0 Å². The molecule has 0 saturated carbocycles. The summed E-state index contributed by atoms with van der Waals surface area (Å²) in [7, 11) is 0. The molecule has 4 heteroatoms. The number of nitrogens with one attached hydrogen (secondary N) is 1. The first-order valence-electron chi connectivity index (χ1n) is 5.85. The highest BCUT2D eigenvalue weighted by Gasteiger charge is 2.03. The van der Waals surface area contributed by atoms with E-state index in [1.165, 1.54) is 6.08 Å². The van der Waals surface area contributed by atoms with E-state index in [1.807, 2.05) is 12.1 Å². The van der Waals surface area contributed by atoms with Crippen LogP contribution in [0.3, 0.4) is 0 Å². The van der Waals surface area contributed by atoms with Crippen molar-refractivity contribution in [2.24, 2.45) is 0 Å². The van der Waals surface area contributed by atoms with Gasteiger partial charge < -0.3 is 10.2 Å². The molecule has 0 aliphatic heterocycles. The summed E-state index contributed by atoms with van der Waals surface area (Å²) in [5.41, 5.74) is 0.712. The van der Waals surface area contributed by atoms with Crippen LogP contribution in [0, 0.1) is 0 Å². The molecule has 0 spiro atoms. The molecule has 17 heavy (non-hydrogen) atoms. The van der Waals surface area contributed by atoms with Gasteiger partial charge in [0.1, 0.15) is 5.82 Å². The van der Waals surface area contributed by atoms with Crippen molar-refractivity contribution in [3.8, 4) is 0 Å². The standard InChI is InChI=1S/C13H19N3O/c1-4-7-13(17)15-11-8-9-12(14-10-11)16(5-2)6-3/h4,7-10H,5-6H2,1-3H3,(H,15,17).